The molecule has 0 aromatic heterocycles. The number of rotatable bonds is 5. The lowest BCUT2D eigenvalue weighted by Crippen LogP contribution is -2.53. The van der Waals surface area contributed by atoms with E-state index in [1.165, 1.54) is 0 Å². The number of carboxylic acid groups (broad SMARTS) is 1. The molecule has 7 heteroatoms. The summed E-state index contributed by atoms with van der Waals surface area (Å²) >= 11 is 1.54. The molecule has 4 unspecified atom stereocenters. The first kappa shape index (κ1) is 16.8. The first-order valence-corrected chi connectivity index (χ1v) is 9.07. The number of carbonyl (C=O) groups is 3. The number of nitrogens with one attached hydrogen (secondary N) is 1. The van der Waals surface area contributed by atoms with Crippen molar-refractivity contribution in [3.05, 3.63) is 35.4 Å². The highest BCUT2D eigenvalue weighted by Gasteiger charge is 2.48. The number of thioether (sulfide) groups is 1. The zero-order valence-corrected chi connectivity index (χ0v) is 14.4. The number of amides is 2. The zero-order valence-electron chi connectivity index (χ0n) is 13.6. The van der Waals surface area contributed by atoms with Gasteiger partial charge in [-0.3, -0.25) is 9.59 Å². The van der Waals surface area contributed by atoms with Crippen molar-refractivity contribution in [3.8, 4) is 0 Å². The van der Waals surface area contributed by atoms with Gasteiger partial charge in [0, 0.05) is 11.3 Å². The zero-order chi connectivity index (χ0) is 17.4. The van der Waals surface area contributed by atoms with Crippen LogP contribution in [-0.2, 0) is 9.59 Å². The lowest BCUT2D eigenvalue weighted by atomic mass is 9.99. The molecule has 1 saturated heterocycles. The summed E-state index contributed by atoms with van der Waals surface area (Å²) in [5.41, 5.74) is 1.56. The van der Waals surface area contributed by atoms with E-state index in [0.29, 0.717) is 17.7 Å². The number of hydrogen-bond donors (Lipinski definition) is 2. The molecule has 6 nitrogen and oxygen atoms in total. The molecule has 2 heterocycles. The average molecular weight is 348 g/mol. The van der Waals surface area contributed by atoms with Crippen molar-refractivity contribution in [3.63, 3.8) is 0 Å². The highest BCUT2D eigenvalue weighted by molar-refractivity contribution is 7.99. The minimum Gasteiger partial charge on any atom is -0.480 e. The molecule has 0 bridgehead atoms. The fourth-order valence-corrected chi connectivity index (χ4v) is 4.64. The van der Waals surface area contributed by atoms with Crippen molar-refractivity contribution in [1.29, 1.82) is 0 Å². The number of carbonyl (C=O) groups excluding carboxylic acids is 2. The van der Waals surface area contributed by atoms with Crippen LogP contribution in [0.2, 0.25) is 0 Å². The largest absolute Gasteiger partial charge is 0.480 e. The van der Waals surface area contributed by atoms with Crippen LogP contribution in [0.1, 0.15) is 41.6 Å². The molecule has 0 aliphatic carbocycles. The highest BCUT2D eigenvalue weighted by Crippen LogP contribution is 2.48. The van der Waals surface area contributed by atoms with E-state index < -0.39 is 18.1 Å². The van der Waals surface area contributed by atoms with Gasteiger partial charge in [-0.25, -0.2) is 4.79 Å². The quantitative estimate of drug-likeness (QED) is 0.848. The lowest BCUT2D eigenvalue weighted by Gasteiger charge is -2.26. The normalized spacial score (nSPS) is 24.2. The number of benzene rings is 1. The van der Waals surface area contributed by atoms with Gasteiger partial charge in [0.25, 0.3) is 5.91 Å². The van der Waals surface area contributed by atoms with Gasteiger partial charge >= 0.3 is 5.97 Å². The van der Waals surface area contributed by atoms with Gasteiger partial charge in [0.15, 0.2) is 0 Å². The second-order valence-corrected chi connectivity index (χ2v) is 7.32. The lowest BCUT2D eigenvalue weighted by molar-refractivity contribution is -0.143. The van der Waals surface area contributed by atoms with E-state index in [2.05, 4.69) is 5.32 Å². The van der Waals surface area contributed by atoms with Crippen LogP contribution in [0.25, 0.3) is 0 Å². The number of hydrogen-bond acceptors (Lipinski definition) is 4. The third kappa shape index (κ3) is 2.66. The van der Waals surface area contributed by atoms with Crippen molar-refractivity contribution in [1.82, 2.24) is 10.2 Å². The first-order chi connectivity index (χ1) is 11.5. The minimum absolute atomic E-state index is 0.156. The standard InChI is InChI=1S/C17H20N2O4S/c1-3-9(2)13(17(22)23)18-14(20)12-8-24-16-11-7-5-4-6-10(11)15(21)19(12)16/h4-7,9,12-13,16H,3,8H2,1-2H3,(H,18,20)(H,22,23). The summed E-state index contributed by atoms with van der Waals surface area (Å²) in [6.45, 7) is 3.68. The third-order valence-electron chi connectivity index (χ3n) is 4.77. The van der Waals surface area contributed by atoms with Crippen LogP contribution in [0.15, 0.2) is 24.3 Å². The van der Waals surface area contributed by atoms with Crippen LogP contribution in [0.5, 0.6) is 0 Å². The Kier molecular flexibility index (Phi) is 4.54. The molecule has 24 heavy (non-hydrogen) atoms. The van der Waals surface area contributed by atoms with Gasteiger partial charge in [-0.2, -0.15) is 0 Å². The highest BCUT2D eigenvalue weighted by atomic mass is 32.2. The van der Waals surface area contributed by atoms with Crippen molar-refractivity contribution >= 4 is 29.5 Å². The summed E-state index contributed by atoms with van der Waals surface area (Å²) in [5, 5.41) is 11.8. The Hall–Kier alpha value is -2.02. The Morgan fingerprint density at radius 2 is 2.12 bits per heavy atom. The van der Waals surface area contributed by atoms with Gasteiger partial charge in [-0.15, -0.1) is 11.8 Å². The van der Waals surface area contributed by atoms with E-state index in [9.17, 15) is 19.5 Å². The van der Waals surface area contributed by atoms with E-state index in [1.807, 2.05) is 25.1 Å². The number of nitrogens with zero attached hydrogens (tertiary/aromatic N) is 1. The van der Waals surface area contributed by atoms with E-state index in [4.69, 9.17) is 0 Å². The molecular weight excluding hydrogens is 328 g/mol. The SMILES string of the molecule is CCC(C)C(NC(=O)C1CSC2c3ccccc3C(=O)N12)C(=O)O. The van der Waals surface area contributed by atoms with Crippen LogP contribution in [0.4, 0.5) is 0 Å². The maximum atomic E-state index is 12.6. The van der Waals surface area contributed by atoms with E-state index in [-0.39, 0.29) is 23.1 Å². The van der Waals surface area contributed by atoms with Crippen LogP contribution in [0, 0.1) is 5.92 Å². The molecule has 1 aromatic carbocycles. The summed E-state index contributed by atoms with van der Waals surface area (Å²) in [6.07, 6.45) is 0.646. The Labute approximate surface area is 144 Å². The van der Waals surface area contributed by atoms with Gasteiger partial charge in [0.2, 0.25) is 5.91 Å². The Balaban J connectivity index is 1.79. The van der Waals surface area contributed by atoms with E-state index >= 15 is 0 Å². The summed E-state index contributed by atoms with van der Waals surface area (Å²) in [7, 11) is 0. The fourth-order valence-electron chi connectivity index (χ4n) is 3.17. The molecule has 128 valence electrons. The van der Waals surface area contributed by atoms with Gasteiger partial charge in [0.1, 0.15) is 17.5 Å². The van der Waals surface area contributed by atoms with Crippen LogP contribution in [0.3, 0.4) is 0 Å². The van der Waals surface area contributed by atoms with Crippen LogP contribution >= 0.6 is 11.8 Å². The Morgan fingerprint density at radius 1 is 1.42 bits per heavy atom. The molecular formula is C17H20N2O4S. The average Bonchev–Trinajstić information content (AvgIpc) is 3.12. The minimum atomic E-state index is -1.05. The predicted molar refractivity (Wildman–Crippen MR) is 90.6 cm³/mol. The van der Waals surface area contributed by atoms with Crippen molar-refractivity contribution in [2.24, 2.45) is 5.92 Å². The second kappa shape index (κ2) is 6.47. The Morgan fingerprint density at radius 3 is 2.79 bits per heavy atom. The Bertz CT molecular complexity index is 693. The molecule has 0 radical (unpaired) electrons. The molecule has 2 N–H and O–H groups in total. The van der Waals surface area contributed by atoms with Gasteiger partial charge < -0.3 is 15.3 Å². The summed E-state index contributed by atoms with van der Waals surface area (Å²) < 4.78 is 0. The molecule has 2 amide bonds. The summed E-state index contributed by atoms with van der Waals surface area (Å²) in [4.78, 5) is 38.3. The van der Waals surface area contributed by atoms with E-state index in [0.717, 1.165) is 5.56 Å². The third-order valence-corrected chi connectivity index (χ3v) is 6.08. The van der Waals surface area contributed by atoms with Gasteiger partial charge in [0.05, 0.1) is 0 Å². The molecule has 1 fully saturated rings. The maximum Gasteiger partial charge on any atom is 0.326 e. The smallest absolute Gasteiger partial charge is 0.326 e. The molecule has 1 aromatic rings. The molecule has 2 aliphatic heterocycles. The van der Waals surface area contributed by atoms with Crippen molar-refractivity contribution in [2.45, 2.75) is 37.7 Å². The van der Waals surface area contributed by atoms with Crippen LogP contribution < -0.4 is 5.32 Å². The molecule has 2 aliphatic rings. The van der Waals surface area contributed by atoms with Crippen molar-refractivity contribution < 1.29 is 19.5 Å². The van der Waals surface area contributed by atoms with Gasteiger partial charge in [-0.05, 0) is 17.5 Å². The predicted octanol–water partition coefficient (Wildman–Crippen LogP) is 1.87. The molecule has 4 atom stereocenters. The number of fused-ring (bicyclic) bond motifs is 3. The number of aliphatic carboxylic acids is 1. The molecule has 3 rings (SSSR count). The monoisotopic (exact) mass is 348 g/mol. The first-order valence-electron chi connectivity index (χ1n) is 8.02. The summed E-state index contributed by atoms with van der Waals surface area (Å²) in [6, 6.07) is 5.79. The molecule has 0 saturated carbocycles. The summed E-state index contributed by atoms with van der Waals surface area (Å²) in [5.74, 6) is -1.29. The van der Waals surface area contributed by atoms with Gasteiger partial charge in [-0.1, -0.05) is 38.5 Å². The fraction of sp³-hybridized carbons (Fsp3) is 0.471. The van der Waals surface area contributed by atoms with E-state index in [1.54, 1.807) is 29.7 Å². The van der Waals surface area contributed by atoms with Crippen molar-refractivity contribution in [2.75, 3.05) is 5.75 Å². The van der Waals surface area contributed by atoms with Crippen LogP contribution in [-0.4, -0.2) is 45.6 Å². The maximum absolute atomic E-state index is 12.6. The second-order valence-electron chi connectivity index (χ2n) is 6.21. The number of carboxylic acids is 1. The topological polar surface area (TPSA) is 86.7 Å². The molecule has 0 spiro atoms.